The second-order valence-electron chi connectivity index (χ2n) is 7.73. The molecule has 28 heavy (non-hydrogen) atoms. The van der Waals surface area contributed by atoms with Crippen LogP contribution < -0.4 is 21.1 Å². The fourth-order valence-electron chi connectivity index (χ4n) is 4.36. The van der Waals surface area contributed by atoms with Gasteiger partial charge in [0, 0.05) is 17.7 Å². The zero-order valence-electron chi connectivity index (χ0n) is 15.7. The number of hydrogen-bond acceptors (Lipinski definition) is 3. The van der Waals surface area contributed by atoms with E-state index >= 15 is 0 Å². The zero-order valence-corrected chi connectivity index (χ0v) is 15.7. The number of benzene rings is 2. The summed E-state index contributed by atoms with van der Waals surface area (Å²) < 4.78 is 6.35. The summed E-state index contributed by atoms with van der Waals surface area (Å²) in [5.74, 6) is 0.465. The van der Waals surface area contributed by atoms with Crippen LogP contribution in [0.4, 0.5) is 10.5 Å². The van der Waals surface area contributed by atoms with Gasteiger partial charge >= 0.3 is 6.03 Å². The Labute approximate surface area is 164 Å². The number of urea groups is 1. The van der Waals surface area contributed by atoms with Crippen molar-refractivity contribution < 1.29 is 14.3 Å². The van der Waals surface area contributed by atoms with Crippen molar-refractivity contribution in [2.75, 3.05) is 5.32 Å². The van der Waals surface area contributed by atoms with Gasteiger partial charge in [0.05, 0.1) is 12.5 Å². The number of carbonyl (C=O) groups is 2. The Morgan fingerprint density at radius 2 is 1.89 bits per heavy atom. The van der Waals surface area contributed by atoms with E-state index in [0.717, 1.165) is 49.0 Å². The SMILES string of the molecule is NC(=O)Cc1cccc(NC(=O)N[C@H]2CC3(CCCC3)Oc3ccccc32)c1. The lowest BCUT2D eigenvalue weighted by molar-refractivity contribution is -0.117. The van der Waals surface area contributed by atoms with Gasteiger partial charge in [-0.3, -0.25) is 4.79 Å². The van der Waals surface area contributed by atoms with E-state index in [1.54, 1.807) is 18.2 Å². The standard InChI is InChI=1S/C22H25N3O3/c23-20(26)13-15-6-5-7-16(12-15)24-21(27)25-18-14-22(10-3-4-11-22)28-19-9-2-1-8-17(18)19/h1-2,5-9,12,18H,3-4,10-11,13-14H2,(H2,23,26)(H2,24,25,27)/t18-/m0/s1. The Morgan fingerprint density at radius 3 is 2.68 bits per heavy atom. The Hall–Kier alpha value is -3.02. The van der Waals surface area contributed by atoms with E-state index in [-0.39, 0.29) is 24.1 Å². The zero-order chi connectivity index (χ0) is 19.6. The van der Waals surface area contributed by atoms with E-state index in [1.807, 2.05) is 30.3 Å². The average molecular weight is 379 g/mol. The highest BCUT2D eigenvalue weighted by molar-refractivity contribution is 5.90. The Bertz CT molecular complexity index is 890. The van der Waals surface area contributed by atoms with Crippen molar-refractivity contribution in [3.8, 4) is 5.75 Å². The molecule has 146 valence electrons. The molecule has 6 heteroatoms. The maximum absolute atomic E-state index is 12.7. The van der Waals surface area contributed by atoms with Crippen LogP contribution in [0.15, 0.2) is 48.5 Å². The molecule has 6 nitrogen and oxygen atoms in total. The van der Waals surface area contributed by atoms with Crippen molar-refractivity contribution in [1.82, 2.24) is 5.32 Å². The topological polar surface area (TPSA) is 93.5 Å². The first-order chi connectivity index (χ1) is 13.5. The first-order valence-corrected chi connectivity index (χ1v) is 9.76. The highest BCUT2D eigenvalue weighted by atomic mass is 16.5. The monoisotopic (exact) mass is 379 g/mol. The lowest BCUT2D eigenvalue weighted by Gasteiger charge is -2.40. The van der Waals surface area contributed by atoms with Gasteiger partial charge in [-0.05, 0) is 49.4 Å². The summed E-state index contributed by atoms with van der Waals surface area (Å²) in [4.78, 5) is 23.8. The molecule has 0 radical (unpaired) electrons. The predicted molar refractivity (Wildman–Crippen MR) is 107 cm³/mol. The Balaban J connectivity index is 1.48. The third-order valence-electron chi connectivity index (χ3n) is 5.58. The number of hydrogen-bond donors (Lipinski definition) is 3. The van der Waals surface area contributed by atoms with E-state index in [0.29, 0.717) is 5.69 Å². The Kier molecular flexibility index (Phi) is 4.94. The number of anilines is 1. The van der Waals surface area contributed by atoms with E-state index in [9.17, 15) is 9.59 Å². The van der Waals surface area contributed by atoms with Crippen LogP contribution in [0.25, 0.3) is 0 Å². The van der Waals surface area contributed by atoms with Crippen LogP contribution in [0, 0.1) is 0 Å². The van der Waals surface area contributed by atoms with Crippen molar-refractivity contribution in [3.63, 3.8) is 0 Å². The minimum atomic E-state index is -0.401. The molecular weight excluding hydrogens is 354 g/mol. The summed E-state index contributed by atoms with van der Waals surface area (Å²) in [5, 5.41) is 5.98. The number of primary amides is 1. The normalized spacial score (nSPS) is 19.5. The summed E-state index contributed by atoms with van der Waals surface area (Å²) in [6.07, 6.45) is 5.29. The van der Waals surface area contributed by atoms with Crippen molar-refractivity contribution >= 4 is 17.6 Å². The van der Waals surface area contributed by atoms with Crippen molar-refractivity contribution in [1.29, 1.82) is 0 Å². The first kappa shape index (κ1) is 18.3. The average Bonchev–Trinajstić information content (AvgIpc) is 3.08. The van der Waals surface area contributed by atoms with Gasteiger partial charge in [0.2, 0.25) is 5.91 Å². The van der Waals surface area contributed by atoms with E-state index in [2.05, 4.69) is 10.6 Å². The number of ether oxygens (including phenoxy) is 1. The number of nitrogens with one attached hydrogen (secondary N) is 2. The molecule has 0 unspecified atom stereocenters. The van der Waals surface area contributed by atoms with Gasteiger partial charge in [-0.15, -0.1) is 0 Å². The molecule has 2 aliphatic rings. The molecule has 0 saturated heterocycles. The molecule has 1 spiro atoms. The predicted octanol–water partition coefficient (Wildman–Crippen LogP) is 3.67. The number of fused-ring (bicyclic) bond motifs is 1. The van der Waals surface area contributed by atoms with Crippen LogP contribution in [0.1, 0.15) is 49.3 Å². The summed E-state index contributed by atoms with van der Waals surface area (Å²) in [6, 6.07) is 14.7. The molecule has 1 aliphatic carbocycles. The van der Waals surface area contributed by atoms with Crippen LogP contribution in [-0.2, 0) is 11.2 Å². The van der Waals surface area contributed by atoms with Gasteiger partial charge in [0.1, 0.15) is 11.4 Å². The minimum Gasteiger partial charge on any atom is -0.487 e. The van der Waals surface area contributed by atoms with Crippen LogP contribution in [0.5, 0.6) is 5.75 Å². The molecular formula is C22H25N3O3. The van der Waals surface area contributed by atoms with Gasteiger partial charge in [-0.1, -0.05) is 30.3 Å². The molecule has 2 aromatic carbocycles. The lowest BCUT2D eigenvalue weighted by Crippen LogP contribution is -2.44. The molecule has 1 saturated carbocycles. The van der Waals surface area contributed by atoms with E-state index in [4.69, 9.17) is 10.5 Å². The summed E-state index contributed by atoms with van der Waals surface area (Å²) in [7, 11) is 0. The maximum Gasteiger partial charge on any atom is 0.319 e. The molecule has 2 aromatic rings. The van der Waals surface area contributed by atoms with Crippen LogP contribution >= 0.6 is 0 Å². The first-order valence-electron chi connectivity index (χ1n) is 9.76. The number of para-hydroxylation sites is 1. The smallest absolute Gasteiger partial charge is 0.319 e. The molecule has 0 aromatic heterocycles. The summed E-state index contributed by atoms with van der Waals surface area (Å²) in [5.41, 5.74) is 7.49. The molecule has 4 N–H and O–H groups in total. The number of rotatable bonds is 4. The molecule has 4 rings (SSSR count). The second-order valence-corrected chi connectivity index (χ2v) is 7.73. The molecule has 3 amide bonds. The van der Waals surface area contributed by atoms with E-state index < -0.39 is 5.91 Å². The lowest BCUT2D eigenvalue weighted by atomic mass is 9.86. The van der Waals surface area contributed by atoms with Gasteiger partial charge in [0.25, 0.3) is 0 Å². The third kappa shape index (κ3) is 3.96. The minimum absolute atomic E-state index is 0.100. The number of amides is 3. The van der Waals surface area contributed by atoms with Crippen LogP contribution in [0.3, 0.4) is 0 Å². The van der Waals surface area contributed by atoms with Crippen molar-refractivity contribution in [2.45, 2.75) is 50.2 Å². The summed E-state index contributed by atoms with van der Waals surface area (Å²) >= 11 is 0. The fourth-order valence-corrected chi connectivity index (χ4v) is 4.36. The van der Waals surface area contributed by atoms with E-state index in [1.165, 1.54) is 0 Å². The maximum atomic E-state index is 12.7. The number of carbonyl (C=O) groups excluding carboxylic acids is 2. The van der Waals surface area contributed by atoms with Gasteiger partial charge in [-0.2, -0.15) is 0 Å². The molecule has 0 bridgehead atoms. The third-order valence-corrected chi connectivity index (χ3v) is 5.58. The highest BCUT2D eigenvalue weighted by Crippen LogP contribution is 2.46. The molecule has 1 heterocycles. The second kappa shape index (κ2) is 7.54. The molecule has 1 aliphatic heterocycles. The fraction of sp³-hybridized carbons (Fsp3) is 0.364. The van der Waals surface area contributed by atoms with Crippen molar-refractivity contribution in [2.24, 2.45) is 5.73 Å². The van der Waals surface area contributed by atoms with Gasteiger partial charge < -0.3 is 21.1 Å². The number of nitrogens with two attached hydrogens (primary N) is 1. The molecule has 1 fully saturated rings. The quantitative estimate of drug-likeness (QED) is 0.756. The van der Waals surface area contributed by atoms with Gasteiger partial charge in [0.15, 0.2) is 0 Å². The van der Waals surface area contributed by atoms with Crippen molar-refractivity contribution in [3.05, 3.63) is 59.7 Å². The summed E-state index contributed by atoms with van der Waals surface area (Å²) in [6.45, 7) is 0. The van der Waals surface area contributed by atoms with Gasteiger partial charge in [-0.25, -0.2) is 4.79 Å². The highest BCUT2D eigenvalue weighted by Gasteiger charge is 2.43. The molecule has 1 atom stereocenters. The largest absolute Gasteiger partial charge is 0.487 e. The van der Waals surface area contributed by atoms with Crippen LogP contribution in [-0.4, -0.2) is 17.5 Å². The Morgan fingerprint density at radius 1 is 1.11 bits per heavy atom. The van der Waals surface area contributed by atoms with Crippen LogP contribution in [0.2, 0.25) is 0 Å².